The molecule has 5 nitrogen and oxygen atoms in total. The molecule has 0 unspecified atom stereocenters. The molecule has 136 valence electrons. The highest BCUT2D eigenvalue weighted by Gasteiger charge is 2.25. The lowest BCUT2D eigenvalue weighted by Crippen LogP contribution is -2.26. The molecule has 0 fully saturated rings. The lowest BCUT2D eigenvalue weighted by atomic mass is 10.1. The molecule has 0 bridgehead atoms. The van der Waals surface area contributed by atoms with Crippen molar-refractivity contribution in [1.29, 1.82) is 0 Å². The fourth-order valence-electron chi connectivity index (χ4n) is 2.97. The number of carbonyl (C=O) groups is 1. The van der Waals surface area contributed by atoms with E-state index in [4.69, 9.17) is 11.6 Å². The number of carbonyl (C=O) groups excluding carboxylic acids is 1. The zero-order valence-electron chi connectivity index (χ0n) is 15.1. The Morgan fingerprint density at radius 3 is 2.56 bits per heavy atom. The van der Waals surface area contributed by atoms with Crippen molar-refractivity contribution < 1.29 is 4.79 Å². The third kappa shape index (κ3) is 3.01. The second kappa shape index (κ2) is 6.79. The highest BCUT2D eigenvalue weighted by molar-refractivity contribution is 7.19. The van der Waals surface area contributed by atoms with Crippen molar-refractivity contribution in [2.45, 2.75) is 13.8 Å². The van der Waals surface area contributed by atoms with Crippen LogP contribution >= 0.6 is 22.9 Å². The maximum Gasteiger partial charge on any atom is 0.270 e. The summed E-state index contributed by atoms with van der Waals surface area (Å²) < 4.78 is 1.93. The number of aryl methyl sites for hydroxylation is 2. The molecule has 0 aliphatic carbocycles. The maximum absolute atomic E-state index is 13.3. The Morgan fingerprint density at radius 2 is 1.85 bits per heavy atom. The summed E-state index contributed by atoms with van der Waals surface area (Å²) >= 11 is 7.59. The van der Waals surface area contributed by atoms with Gasteiger partial charge in [0, 0.05) is 23.3 Å². The summed E-state index contributed by atoms with van der Waals surface area (Å²) in [5.74, 6) is 0.642. The van der Waals surface area contributed by atoms with Crippen LogP contribution in [-0.2, 0) is 0 Å². The van der Waals surface area contributed by atoms with Gasteiger partial charge in [-0.2, -0.15) is 0 Å². The molecule has 0 atom stereocenters. The molecular weight excluding hydrogens is 380 g/mol. The van der Waals surface area contributed by atoms with Crippen molar-refractivity contribution in [3.05, 3.63) is 69.8 Å². The average Bonchev–Trinajstić information content (AvgIpc) is 3.23. The van der Waals surface area contributed by atoms with Gasteiger partial charge < -0.3 is 4.90 Å². The van der Waals surface area contributed by atoms with E-state index in [1.165, 1.54) is 11.3 Å². The fraction of sp³-hybridized carbons (Fsp3) is 0.150. The van der Waals surface area contributed by atoms with Gasteiger partial charge in [-0.15, -0.1) is 10.2 Å². The number of rotatable bonds is 3. The number of anilines is 1. The number of halogens is 1. The SMILES string of the molecule is Cc1ccc(N(C)C(=O)c2sc3nnc(C)n3c2-c2ccccc2)cc1Cl. The van der Waals surface area contributed by atoms with E-state index in [1.54, 1.807) is 11.9 Å². The molecule has 0 spiro atoms. The molecule has 4 aromatic rings. The molecule has 2 heterocycles. The smallest absolute Gasteiger partial charge is 0.270 e. The molecular formula is C20H17ClN4OS. The molecule has 2 aromatic carbocycles. The summed E-state index contributed by atoms with van der Waals surface area (Å²) in [4.78, 5) is 16.3. The monoisotopic (exact) mass is 396 g/mol. The first-order chi connectivity index (χ1) is 13.0. The Balaban J connectivity index is 1.86. The number of nitrogens with zero attached hydrogens (tertiary/aromatic N) is 4. The van der Waals surface area contributed by atoms with Crippen LogP contribution in [0.3, 0.4) is 0 Å². The van der Waals surface area contributed by atoms with E-state index in [1.807, 2.05) is 66.8 Å². The lowest BCUT2D eigenvalue weighted by Gasteiger charge is -2.18. The molecule has 4 rings (SSSR count). The summed E-state index contributed by atoms with van der Waals surface area (Å²) in [6.45, 7) is 3.82. The Morgan fingerprint density at radius 1 is 1.11 bits per heavy atom. The highest BCUT2D eigenvalue weighted by atomic mass is 35.5. The van der Waals surface area contributed by atoms with E-state index in [-0.39, 0.29) is 5.91 Å². The van der Waals surface area contributed by atoms with Crippen molar-refractivity contribution in [2.75, 3.05) is 11.9 Å². The van der Waals surface area contributed by atoms with Gasteiger partial charge in [0.2, 0.25) is 4.96 Å². The van der Waals surface area contributed by atoms with Gasteiger partial charge in [-0.25, -0.2) is 0 Å². The van der Waals surface area contributed by atoms with Gasteiger partial charge >= 0.3 is 0 Å². The zero-order chi connectivity index (χ0) is 19.1. The summed E-state index contributed by atoms with van der Waals surface area (Å²) in [5, 5.41) is 8.99. The Labute approximate surface area is 165 Å². The Kier molecular flexibility index (Phi) is 4.45. The van der Waals surface area contributed by atoms with Crippen LogP contribution < -0.4 is 4.90 Å². The van der Waals surface area contributed by atoms with Crippen LogP contribution in [0.1, 0.15) is 21.1 Å². The Bertz CT molecular complexity index is 1150. The first kappa shape index (κ1) is 17.7. The fourth-order valence-corrected chi connectivity index (χ4v) is 4.25. The minimum atomic E-state index is -0.108. The molecule has 0 aliphatic heterocycles. The lowest BCUT2D eigenvalue weighted by molar-refractivity contribution is 0.0997. The van der Waals surface area contributed by atoms with E-state index in [0.29, 0.717) is 14.9 Å². The van der Waals surface area contributed by atoms with Crippen molar-refractivity contribution in [3.8, 4) is 11.3 Å². The van der Waals surface area contributed by atoms with E-state index >= 15 is 0 Å². The van der Waals surface area contributed by atoms with Crippen LogP contribution in [0.25, 0.3) is 16.2 Å². The minimum absolute atomic E-state index is 0.108. The predicted octanol–water partition coefficient (Wildman–Crippen LogP) is 5.00. The van der Waals surface area contributed by atoms with Crippen LogP contribution in [0, 0.1) is 13.8 Å². The summed E-state index contributed by atoms with van der Waals surface area (Å²) in [7, 11) is 1.76. The van der Waals surface area contributed by atoms with Crippen LogP contribution in [0.4, 0.5) is 5.69 Å². The zero-order valence-corrected chi connectivity index (χ0v) is 16.7. The number of amides is 1. The molecule has 7 heteroatoms. The number of aromatic nitrogens is 3. The third-order valence-corrected chi connectivity index (χ3v) is 5.94. The van der Waals surface area contributed by atoms with Crippen LogP contribution in [0.2, 0.25) is 5.02 Å². The summed E-state index contributed by atoms with van der Waals surface area (Å²) in [6, 6.07) is 15.4. The second-order valence-corrected chi connectivity index (χ2v) is 7.69. The molecule has 1 amide bonds. The third-order valence-electron chi connectivity index (χ3n) is 4.52. The van der Waals surface area contributed by atoms with Gasteiger partial charge in [-0.05, 0) is 31.5 Å². The number of fused-ring (bicyclic) bond motifs is 1. The summed E-state index contributed by atoms with van der Waals surface area (Å²) in [6.07, 6.45) is 0. The van der Waals surface area contributed by atoms with Gasteiger partial charge in [0.05, 0.1) is 5.69 Å². The van der Waals surface area contributed by atoms with Gasteiger partial charge in [0.15, 0.2) is 0 Å². The molecule has 0 N–H and O–H groups in total. The first-order valence-electron chi connectivity index (χ1n) is 8.41. The summed E-state index contributed by atoms with van der Waals surface area (Å²) in [5.41, 5.74) is 3.48. The quantitative estimate of drug-likeness (QED) is 0.489. The van der Waals surface area contributed by atoms with Crippen molar-refractivity contribution in [3.63, 3.8) is 0 Å². The van der Waals surface area contributed by atoms with E-state index in [2.05, 4.69) is 10.2 Å². The molecule has 0 saturated carbocycles. The predicted molar refractivity (Wildman–Crippen MR) is 110 cm³/mol. The van der Waals surface area contributed by atoms with Gasteiger partial charge in [-0.3, -0.25) is 9.20 Å². The number of hydrogen-bond acceptors (Lipinski definition) is 4. The van der Waals surface area contributed by atoms with Crippen LogP contribution in [0.5, 0.6) is 0 Å². The van der Waals surface area contributed by atoms with Crippen LogP contribution in [-0.4, -0.2) is 27.6 Å². The second-order valence-electron chi connectivity index (χ2n) is 6.31. The number of thiazole rings is 1. The van der Waals surface area contributed by atoms with Crippen molar-refractivity contribution >= 4 is 39.5 Å². The van der Waals surface area contributed by atoms with E-state index < -0.39 is 0 Å². The van der Waals surface area contributed by atoms with Crippen LogP contribution in [0.15, 0.2) is 48.5 Å². The molecule has 0 radical (unpaired) electrons. The normalized spacial score (nSPS) is 11.1. The van der Waals surface area contributed by atoms with E-state index in [9.17, 15) is 4.79 Å². The highest BCUT2D eigenvalue weighted by Crippen LogP contribution is 2.34. The van der Waals surface area contributed by atoms with Gasteiger partial charge in [0.1, 0.15) is 10.7 Å². The average molecular weight is 397 g/mol. The topological polar surface area (TPSA) is 50.5 Å². The number of hydrogen-bond donors (Lipinski definition) is 0. The maximum atomic E-state index is 13.3. The number of benzene rings is 2. The molecule has 0 saturated heterocycles. The molecule has 0 aliphatic rings. The standard InChI is InChI=1S/C20H17ClN4OS/c1-12-9-10-15(11-16(12)21)24(3)19(26)18-17(14-7-5-4-6-8-14)25-13(2)22-23-20(25)27-18/h4-11H,1-3H3. The van der Waals surface area contributed by atoms with E-state index in [0.717, 1.165) is 28.3 Å². The largest absolute Gasteiger partial charge is 0.311 e. The molecule has 2 aromatic heterocycles. The Hall–Kier alpha value is -2.70. The van der Waals surface area contributed by atoms with Gasteiger partial charge in [-0.1, -0.05) is 59.3 Å². The van der Waals surface area contributed by atoms with Crippen molar-refractivity contribution in [1.82, 2.24) is 14.6 Å². The first-order valence-corrected chi connectivity index (χ1v) is 9.61. The van der Waals surface area contributed by atoms with Crippen molar-refractivity contribution in [2.24, 2.45) is 0 Å². The van der Waals surface area contributed by atoms with Gasteiger partial charge in [0.25, 0.3) is 5.91 Å². The minimum Gasteiger partial charge on any atom is -0.311 e. The molecule has 27 heavy (non-hydrogen) atoms.